The number of halogens is 4. The van der Waals surface area contributed by atoms with Gasteiger partial charge in [-0.15, -0.1) is 0 Å². The third kappa shape index (κ3) is 8.09. The second kappa shape index (κ2) is 13.2. The van der Waals surface area contributed by atoms with Gasteiger partial charge in [-0.1, -0.05) is 23.7 Å². The molecular weight excluding hydrogens is 563 g/mol. The Hall–Kier alpha value is -3.86. The molecule has 0 unspecified atom stereocenters. The first-order chi connectivity index (χ1) is 19.5. The summed E-state index contributed by atoms with van der Waals surface area (Å²) in [5.74, 6) is -2.90. The fourth-order valence-corrected chi connectivity index (χ4v) is 4.96. The number of alkyl halides is 3. The topological polar surface area (TPSA) is 111 Å². The van der Waals surface area contributed by atoms with Crippen LogP contribution in [0.4, 0.5) is 18.9 Å². The van der Waals surface area contributed by atoms with Gasteiger partial charge in [0.15, 0.2) is 5.69 Å². The van der Waals surface area contributed by atoms with E-state index in [1.54, 1.807) is 12.1 Å². The Morgan fingerprint density at radius 3 is 2.29 bits per heavy atom. The first-order valence-electron chi connectivity index (χ1n) is 13.1. The first-order valence-corrected chi connectivity index (χ1v) is 13.5. The second-order valence-corrected chi connectivity index (χ2v) is 10.3. The molecule has 1 fully saturated rings. The van der Waals surface area contributed by atoms with Gasteiger partial charge in [-0.05, 0) is 79.5 Å². The number of methoxy groups -OCH3 is 1. The number of esters is 1. The molecule has 0 spiro atoms. The number of oxazole rings is 1. The van der Waals surface area contributed by atoms with Gasteiger partial charge in [0, 0.05) is 35.7 Å². The summed E-state index contributed by atoms with van der Waals surface area (Å²) in [4.78, 5) is 40.1. The molecule has 0 aliphatic heterocycles. The number of hydrogen-bond acceptors (Lipinski definition) is 6. The average molecular weight is 592 g/mol. The van der Waals surface area contributed by atoms with E-state index >= 15 is 0 Å². The molecule has 2 N–H and O–H groups in total. The Morgan fingerprint density at radius 1 is 1.02 bits per heavy atom. The maximum absolute atomic E-state index is 13.5. The predicted octanol–water partition coefficient (Wildman–Crippen LogP) is 6.61. The van der Waals surface area contributed by atoms with E-state index in [0.717, 1.165) is 31.2 Å². The molecule has 3 aromatic rings. The number of benzene rings is 2. The minimum absolute atomic E-state index is 0.166. The smallest absolute Gasteiger partial charge is 0.452 e. The largest absolute Gasteiger partial charge is 0.469 e. The van der Waals surface area contributed by atoms with Gasteiger partial charge < -0.3 is 19.8 Å². The molecule has 1 aliphatic carbocycles. The van der Waals surface area contributed by atoms with Crippen LogP contribution >= 0.6 is 11.6 Å². The van der Waals surface area contributed by atoms with Crippen molar-refractivity contribution < 1.29 is 36.7 Å². The SMILES string of the molecule is COC(=O)C[C@H]1CC[C@H](c2ccc(NC(=O)CCNC(=O)c3nc(-c4ccc(Cl)cc4)oc3C(F)(F)F)cc2)CC1. The number of anilines is 1. The van der Waals surface area contributed by atoms with Gasteiger partial charge in [0.05, 0.1) is 7.11 Å². The Bertz CT molecular complexity index is 1370. The number of carbonyl (C=O) groups is 3. The van der Waals surface area contributed by atoms with Crippen LogP contribution in [0.5, 0.6) is 0 Å². The zero-order valence-electron chi connectivity index (χ0n) is 22.2. The number of amides is 2. The first kappa shape index (κ1) is 30.1. The normalized spacial score (nSPS) is 17.1. The summed E-state index contributed by atoms with van der Waals surface area (Å²) in [5, 5.41) is 5.40. The van der Waals surface area contributed by atoms with E-state index in [-0.39, 0.29) is 30.4 Å². The Morgan fingerprint density at radius 2 is 1.68 bits per heavy atom. The summed E-state index contributed by atoms with van der Waals surface area (Å²) >= 11 is 5.81. The lowest BCUT2D eigenvalue weighted by molar-refractivity contribution is -0.153. The van der Waals surface area contributed by atoms with Gasteiger partial charge in [-0.3, -0.25) is 14.4 Å². The second-order valence-electron chi connectivity index (χ2n) is 9.88. The lowest BCUT2D eigenvalue weighted by Crippen LogP contribution is -2.29. The maximum Gasteiger partial charge on any atom is 0.452 e. The number of rotatable bonds is 9. The van der Waals surface area contributed by atoms with Gasteiger partial charge in [0.25, 0.3) is 5.91 Å². The van der Waals surface area contributed by atoms with Crippen molar-refractivity contribution in [1.29, 1.82) is 0 Å². The van der Waals surface area contributed by atoms with Gasteiger partial charge in [0.2, 0.25) is 17.6 Å². The molecule has 2 aromatic carbocycles. The van der Waals surface area contributed by atoms with Crippen LogP contribution in [0, 0.1) is 5.92 Å². The molecule has 1 heterocycles. The van der Waals surface area contributed by atoms with Crippen molar-refractivity contribution in [2.24, 2.45) is 5.92 Å². The molecule has 0 saturated heterocycles. The zero-order chi connectivity index (χ0) is 29.6. The van der Waals surface area contributed by atoms with Crippen molar-refractivity contribution in [3.05, 3.63) is 70.6 Å². The van der Waals surface area contributed by atoms with Gasteiger partial charge in [0.1, 0.15) is 0 Å². The molecule has 0 radical (unpaired) electrons. The van der Waals surface area contributed by atoms with Crippen molar-refractivity contribution >= 4 is 35.1 Å². The van der Waals surface area contributed by atoms with Crippen molar-refractivity contribution in [3.8, 4) is 11.5 Å². The third-order valence-electron chi connectivity index (χ3n) is 7.02. The Kier molecular flexibility index (Phi) is 9.69. The van der Waals surface area contributed by atoms with Crippen LogP contribution in [0.25, 0.3) is 11.5 Å². The van der Waals surface area contributed by atoms with Crippen molar-refractivity contribution in [3.63, 3.8) is 0 Å². The average Bonchev–Trinajstić information content (AvgIpc) is 3.41. The Balaban J connectivity index is 1.27. The molecule has 8 nitrogen and oxygen atoms in total. The quantitative estimate of drug-likeness (QED) is 0.271. The van der Waals surface area contributed by atoms with Crippen LogP contribution < -0.4 is 10.6 Å². The van der Waals surface area contributed by atoms with E-state index in [1.165, 1.54) is 31.4 Å². The lowest BCUT2D eigenvalue weighted by atomic mass is 9.77. The van der Waals surface area contributed by atoms with Crippen LogP contribution in [0.3, 0.4) is 0 Å². The van der Waals surface area contributed by atoms with Crippen LogP contribution in [0.15, 0.2) is 52.9 Å². The van der Waals surface area contributed by atoms with Crippen LogP contribution in [-0.2, 0) is 20.5 Å². The number of ether oxygens (including phenoxy) is 1. The van der Waals surface area contributed by atoms with E-state index in [9.17, 15) is 27.6 Å². The highest BCUT2D eigenvalue weighted by Crippen LogP contribution is 2.38. The number of nitrogens with one attached hydrogen (secondary N) is 2. The monoisotopic (exact) mass is 591 g/mol. The highest BCUT2D eigenvalue weighted by Gasteiger charge is 2.42. The minimum Gasteiger partial charge on any atom is -0.469 e. The fraction of sp³-hybridized carbons (Fsp3) is 0.379. The summed E-state index contributed by atoms with van der Waals surface area (Å²) in [6.45, 7) is -0.210. The Labute approximate surface area is 239 Å². The molecule has 0 bridgehead atoms. The number of aromatic nitrogens is 1. The molecule has 0 atom stereocenters. The van der Waals surface area contributed by atoms with E-state index in [1.807, 2.05) is 12.1 Å². The number of hydrogen-bond donors (Lipinski definition) is 2. The summed E-state index contributed by atoms with van der Waals surface area (Å²) in [6.07, 6.45) is -0.833. The molecule has 4 rings (SSSR count). The van der Waals surface area contributed by atoms with E-state index < -0.39 is 29.4 Å². The highest BCUT2D eigenvalue weighted by molar-refractivity contribution is 6.30. The molecule has 1 aromatic heterocycles. The van der Waals surface area contributed by atoms with Crippen molar-refractivity contribution in [1.82, 2.24) is 10.3 Å². The maximum atomic E-state index is 13.5. The molecule has 218 valence electrons. The van der Waals surface area contributed by atoms with E-state index in [2.05, 4.69) is 15.6 Å². The van der Waals surface area contributed by atoms with Crippen LogP contribution in [-0.4, -0.2) is 36.4 Å². The number of carbonyl (C=O) groups excluding carboxylic acids is 3. The molecule has 2 amide bonds. The standard InChI is InChI=1S/C29H29ClF3N3O5/c1-40-24(38)16-17-2-4-18(5-3-17)19-8-12-22(13-9-19)35-23(37)14-15-34-27(39)25-26(29(31,32)33)41-28(36-25)20-6-10-21(30)11-7-20/h6-13,17-18H,2-5,14-16H2,1H3,(H,34,39)(H,35,37)/t17-,18-. The summed E-state index contributed by atoms with van der Waals surface area (Å²) in [6, 6.07) is 13.2. The van der Waals surface area contributed by atoms with Crippen LogP contribution in [0.2, 0.25) is 5.02 Å². The van der Waals surface area contributed by atoms with Crippen molar-refractivity contribution in [2.45, 2.75) is 50.6 Å². The van der Waals surface area contributed by atoms with Crippen molar-refractivity contribution in [2.75, 3.05) is 19.0 Å². The van der Waals surface area contributed by atoms with Gasteiger partial charge in [-0.2, -0.15) is 13.2 Å². The molecule has 41 heavy (non-hydrogen) atoms. The zero-order valence-corrected chi connectivity index (χ0v) is 23.0. The highest BCUT2D eigenvalue weighted by atomic mass is 35.5. The van der Waals surface area contributed by atoms with Crippen LogP contribution in [0.1, 0.15) is 66.3 Å². The summed E-state index contributed by atoms with van der Waals surface area (Å²) < 4.78 is 50.1. The minimum atomic E-state index is -4.95. The molecule has 1 aliphatic rings. The van der Waals surface area contributed by atoms with Gasteiger partial charge >= 0.3 is 12.1 Å². The predicted molar refractivity (Wildman–Crippen MR) is 145 cm³/mol. The molecule has 12 heteroatoms. The number of nitrogens with zero attached hydrogens (tertiary/aromatic N) is 1. The van der Waals surface area contributed by atoms with E-state index in [4.69, 9.17) is 20.8 Å². The van der Waals surface area contributed by atoms with E-state index in [0.29, 0.717) is 29.0 Å². The summed E-state index contributed by atoms with van der Waals surface area (Å²) in [7, 11) is 1.40. The van der Waals surface area contributed by atoms with Gasteiger partial charge in [-0.25, -0.2) is 4.98 Å². The summed E-state index contributed by atoms with van der Waals surface area (Å²) in [5.41, 5.74) is 1.01. The third-order valence-corrected chi connectivity index (χ3v) is 7.28. The molecule has 1 saturated carbocycles. The fourth-order valence-electron chi connectivity index (χ4n) is 4.84. The molecular formula is C29H29ClF3N3O5. The lowest BCUT2D eigenvalue weighted by Gasteiger charge is -2.28.